The number of amides is 1. The fraction of sp³-hybridized carbons (Fsp3) is 0.529. The fourth-order valence-electron chi connectivity index (χ4n) is 3.24. The van der Waals surface area contributed by atoms with Gasteiger partial charge >= 0.3 is 5.97 Å². The molecule has 5 heteroatoms. The summed E-state index contributed by atoms with van der Waals surface area (Å²) < 4.78 is 4.86. The number of carbonyl (C=O) groups excluding carboxylic acids is 2. The molecular weight excluding hydrogens is 280 g/mol. The summed E-state index contributed by atoms with van der Waals surface area (Å²) in [6, 6.07) is 5.67. The summed E-state index contributed by atoms with van der Waals surface area (Å²) in [4.78, 5) is 28.0. The standard InChI is InChI=1S/C17H22N2O3/c1-22-17(21)13-10-14(18-7-3-2-4-8-18)12-15(11-13)19-9-5-6-16(19)20/h10-12H,2-9H2,1H3. The van der Waals surface area contributed by atoms with Crippen molar-refractivity contribution < 1.29 is 14.3 Å². The first-order valence-corrected chi connectivity index (χ1v) is 7.98. The molecule has 118 valence electrons. The lowest BCUT2D eigenvalue weighted by Crippen LogP contribution is -2.30. The Morgan fingerprint density at radius 3 is 2.36 bits per heavy atom. The number of hydrogen-bond acceptors (Lipinski definition) is 4. The second kappa shape index (κ2) is 6.38. The number of hydrogen-bond donors (Lipinski definition) is 0. The maximum absolute atomic E-state index is 12.0. The molecule has 0 aromatic heterocycles. The Morgan fingerprint density at radius 2 is 1.73 bits per heavy atom. The molecule has 0 atom stereocenters. The van der Waals surface area contributed by atoms with Crippen LogP contribution in [0.1, 0.15) is 42.5 Å². The second-order valence-electron chi connectivity index (χ2n) is 5.93. The quantitative estimate of drug-likeness (QED) is 0.805. The molecule has 1 aromatic carbocycles. The molecule has 2 fully saturated rings. The molecule has 2 aliphatic heterocycles. The molecule has 2 aliphatic rings. The minimum atomic E-state index is -0.355. The topological polar surface area (TPSA) is 49.9 Å². The Labute approximate surface area is 130 Å². The monoisotopic (exact) mass is 302 g/mol. The molecule has 0 aliphatic carbocycles. The zero-order chi connectivity index (χ0) is 15.5. The molecule has 2 heterocycles. The number of methoxy groups -OCH3 is 1. The van der Waals surface area contributed by atoms with Gasteiger partial charge in [-0.25, -0.2) is 4.79 Å². The molecule has 5 nitrogen and oxygen atoms in total. The molecular formula is C17H22N2O3. The van der Waals surface area contributed by atoms with Crippen LogP contribution in [-0.4, -0.2) is 38.6 Å². The summed E-state index contributed by atoms with van der Waals surface area (Å²) in [5, 5.41) is 0. The third-order valence-corrected chi connectivity index (χ3v) is 4.43. The third-order valence-electron chi connectivity index (χ3n) is 4.43. The van der Waals surface area contributed by atoms with E-state index in [2.05, 4.69) is 4.90 Å². The van der Waals surface area contributed by atoms with Crippen molar-refractivity contribution in [2.45, 2.75) is 32.1 Å². The predicted octanol–water partition coefficient (Wildman–Crippen LogP) is 2.59. The van der Waals surface area contributed by atoms with Gasteiger partial charge in [-0.2, -0.15) is 0 Å². The second-order valence-corrected chi connectivity index (χ2v) is 5.93. The summed E-state index contributed by atoms with van der Waals surface area (Å²) >= 11 is 0. The molecule has 0 spiro atoms. The first-order valence-electron chi connectivity index (χ1n) is 7.98. The lowest BCUT2D eigenvalue weighted by molar-refractivity contribution is -0.117. The molecule has 3 rings (SSSR count). The number of benzene rings is 1. The highest BCUT2D eigenvalue weighted by Gasteiger charge is 2.24. The minimum Gasteiger partial charge on any atom is -0.465 e. The van der Waals surface area contributed by atoms with Crippen LogP contribution in [0, 0.1) is 0 Å². The van der Waals surface area contributed by atoms with Gasteiger partial charge in [-0.05, 0) is 43.9 Å². The molecule has 0 saturated carbocycles. The van der Waals surface area contributed by atoms with Gasteiger partial charge in [0, 0.05) is 37.4 Å². The van der Waals surface area contributed by atoms with Crippen LogP contribution in [0.4, 0.5) is 11.4 Å². The largest absolute Gasteiger partial charge is 0.465 e. The van der Waals surface area contributed by atoms with Crippen LogP contribution >= 0.6 is 0 Å². The molecule has 0 radical (unpaired) electrons. The predicted molar refractivity (Wildman–Crippen MR) is 85.4 cm³/mol. The van der Waals surface area contributed by atoms with E-state index in [4.69, 9.17) is 4.74 Å². The van der Waals surface area contributed by atoms with E-state index in [1.165, 1.54) is 26.4 Å². The lowest BCUT2D eigenvalue weighted by atomic mass is 10.1. The van der Waals surface area contributed by atoms with Crippen molar-refractivity contribution in [3.05, 3.63) is 23.8 Å². The van der Waals surface area contributed by atoms with Gasteiger partial charge in [0.25, 0.3) is 0 Å². The molecule has 0 bridgehead atoms. The number of nitrogens with zero attached hydrogens (tertiary/aromatic N) is 2. The Balaban J connectivity index is 1.97. The van der Waals surface area contributed by atoms with Gasteiger partial charge in [0.1, 0.15) is 0 Å². The van der Waals surface area contributed by atoms with Gasteiger partial charge in [-0.15, -0.1) is 0 Å². The van der Waals surface area contributed by atoms with Gasteiger partial charge in [0.2, 0.25) is 5.91 Å². The first-order chi connectivity index (χ1) is 10.7. The van der Waals surface area contributed by atoms with E-state index >= 15 is 0 Å². The van der Waals surface area contributed by atoms with Crippen molar-refractivity contribution in [3.63, 3.8) is 0 Å². The van der Waals surface area contributed by atoms with Crippen LogP contribution in [0.3, 0.4) is 0 Å². The zero-order valence-electron chi connectivity index (χ0n) is 13.0. The Bertz CT molecular complexity index is 579. The normalized spacial score (nSPS) is 18.7. The average molecular weight is 302 g/mol. The van der Waals surface area contributed by atoms with Crippen LogP contribution in [0.25, 0.3) is 0 Å². The van der Waals surface area contributed by atoms with Crippen molar-refractivity contribution in [1.29, 1.82) is 0 Å². The molecule has 22 heavy (non-hydrogen) atoms. The Hall–Kier alpha value is -2.04. The highest BCUT2D eigenvalue weighted by Crippen LogP contribution is 2.30. The number of piperidine rings is 1. The smallest absolute Gasteiger partial charge is 0.337 e. The average Bonchev–Trinajstić information content (AvgIpc) is 3.00. The summed E-state index contributed by atoms with van der Waals surface area (Å²) in [5.74, 6) is -0.224. The Morgan fingerprint density at radius 1 is 1.00 bits per heavy atom. The van der Waals surface area contributed by atoms with Crippen LogP contribution in [0.15, 0.2) is 18.2 Å². The van der Waals surface area contributed by atoms with Crippen molar-refractivity contribution in [3.8, 4) is 0 Å². The van der Waals surface area contributed by atoms with Gasteiger partial charge in [-0.3, -0.25) is 4.79 Å². The SMILES string of the molecule is COC(=O)c1cc(N2CCCCC2)cc(N2CCCC2=O)c1. The van der Waals surface area contributed by atoms with Gasteiger partial charge in [0.15, 0.2) is 0 Å². The molecule has 1 aromatic rings. The first kappa shape index (κ1) is 14.9. The summed E-state index contributed by atoms with van der Waals surface area (Å²) in [6.45, 7) is 2.72. The number of anilines is 2. The maximum atomic E-state index is 12.0. The van der Waals surface area contributed by atoms with Crippen molar-refractivity contribution >= 4 is 23.3 Å². The zero-order valence-corrected chi connectivity index (χ0v) is 13.0. The van der Waals surface area contributed by atoms with Crippen molar-refractivity contribution in [1.82, 2.24) is 0 Å². The van der Waals surface area contributed by atoms with Gasteiger partial charge < -0.3 is 14.5 Å². The third kappa shape index (κ3) is 2.93. The highest BCUT2D eigenvalue weighted by molar-refractivity contribution is 5.98. The molecule has 2 saturated heterocycles. The van der Waals surface area contributed by atoms with E-state index in [1.54, 1.807) is 11.0 Å². The van der Waals surface area contributed by atoms with Crippen molar-refractivity contribution in [2.75, 3.05) is 36.5 Å². The summed E-state index contributed by atoms with van der Waals surface area (Å²) in [5.41, 5.74) is 2.34. The number of carbonyl (C=O) groups is 2. The molecule has 1 amide bonds. The van der Waals surface area contributed by atoms with E-state index in [1.807, 2.05) is 12.1 Å². The van der Waals surface area contributed by atoms with E-state index in [0.29, 0.717) is 12.0 Å². The maximum Gasteiger partial charge on any atom is 0.337 e. The van der Waals surface area contributed by atoms with Crippen LogP contribution in [0.5, 0.6) is 0 Å². The van der Waals surface area contributed by atoms with E-state index in [9.17, 15) is 9.59 Å². The van der Waals surface area contributed by atoms with Gasteiger partial charge in [-0.1, -0.05) is 0 Å². The highest BCUT2D eigenvalue weighted by atomic mass is 16.5. The summed E-state index contributed by atoms with van der Waals surface area (Å²) in [7, 11) is 1.39. The lowest BCUT2D eigenvalue weighted by Gasteiger charge is -2.30. The van der Waals surface area contributed by atoms with E-state index < -0.39 is 0 Å². The van der Waals surface area contributed by atoms with Crippen LogP contribution in [0.2, 0.25) is 0 Å². The van der Waals surface area contributed by atoms with Crippen LogP contribution in [-0.2, 0) is 9.53 Å². The van der Waals surface area contributed by atoms with E-state index in [0.717, 1.165) is 37.4 Å². The summed E-state index contributed by atoms with van der Waals surface area (Å²) in [6.07, 6.45) is 5.05. The molecule has 0 unspecified atom stereocenters. The Kier molecular flexibility index (Phi) is 4.32. The molecule has 0 N–H and O–H groups in total. The minimum absolute atomic E-state index is 0.131. The van der Waals surface area contributed by atoms with Crippen LogP contribution < -0.4 is 9.80 Å². The number of esters is 1. The van der Waals surface area contributed by atoms with E-state index in [-0.39, 0.29) is 11.9 Å². The van der Waals surface area contributed by atoms with Gasteiger partial charge in [0.05, 0.1) is 12.7 Å². The number of rotatable bonds is 3. The van der Waals surface area contributed by atoms with Crippen molar-refractivity contribution in [2.24, 2.45) is 0 Å². The fourth-order valence-corrected chi connectivity index (χ4v) is 3.24. The number of ether oxygens (including phenoxy) is 1.